The molecule has 1 aromatic rings. The van der Waals surface area contributed by atoms with E-state index in [9.17, 15) is 5.11 Å². The van der Waals surface area contributed by atoms with Crippen LogP contribution in [0.2, 0.25) is 0 Å². The fourth-order valence-electron chi connectivity index (χ4n) is 3.87. The summed E-state index contributed by atoms with van der Waals surface area (Å²) in [5, 5.41) is 10.0. The molecule has 3 aliphatic heterocycles. The summed E-state index contributed by atoms with van der Waals surface area (Å²) in [5.41, 5.74) is 1.62. The van der Waals surface area contributed by atoms with Crippen LogP contribution in [0.5, 0.6) is 0 Å². The smallest absolute Gasteiger partial charge is 0.164 e. The predicted molar refractivity (Wildman–Crippen MR) is 94.0 cm³/mol. The fraction of sp³-hybridized carbons (Fsp3) is 0.600. The van der Waals surface area contributed by atoms with Gasteiger partial charge in [-0.1, -0.05) is 30.3 Å². The summed E-state index contributed by atoms with van der Waals surface area (Å²) in [5.74, 6) is -0.758. The van der Waals surface area contributed by atoms with Crippen LogP contribution >= 0.6 is 0 Å². The summed E-state index contributed by atoms with van der Waals surface area (Å²) in [6.45, 7) is 7.82. The first-order valence-electron chi connectivity index (χ1n) is 9.03. The molecule has 26 heavy (non-hydrogen) atoms. The maximum absolute atomic E-state index is 10.0. The molecule has 4 atom stereocenters. The van der Waals surface area contributed by atoms with E-state index in [1.54, 1.807) is 0 Å². The third kappa shape index (κ3) is 3.17. The van der Waals surface area contributed by atoms with Crippen molar-refractivity contribution in [1.29, 1.82) is 0 Å². The highest BCUT2D eigenvalue weighted by atomic mass is 16.8. The van der Waals surface area contributed by atoms with E-state index < -0.39 is 11.6 Å². The SMILES string of the molecule is CC1(C)OC[C@H]([C@@H]2O/C(=C(\CO)c3ccccc3)[C@@H]3OC(C)(C)O[C@H]23)O1. The van der Waals surface area contributed by atoms with E-state index in [2.05, 4.69) is 0 Å². The maximum Gasteiger partial charge on any atom is 0.164 e. The largest absolute Gasteiger partial charge is 0.486 e. The van der Waals surface area contributed by atoms with Crippen molar-refractivity contribution >= 4 is 5.57 Å². The van der Waals surface area contributed by atoms with Crippen molar-refractivity contribution in [3.63, 3.8) is 0 Å². The molecule has 6 heteroatoms. The lowest BCUT2D eigenvalue weighted by atomic mass is 10.0. The first-order valence-corrected chi connectivity index (χ1v) is 9.03. The Morgan fingerprint density at radius 2 is 1.73 bits per heavy atom. The van der Waals surface area contributed by atoms with Crippen molar-refractivity contribution in [1.82, 2.24) is 0 Å². The summed E-state index contributed by atoms with van der Waals surface area (Å²) in [7, 11) is 0. The molecule has 4 rings (SSSR count). The molecule has 142 valence electrons. The second-order valence-electron chi connectivity index (χ2n) is 7.84. The molecule has 0 aromatic heterocycles. The summed E-state index contributed by atoms with van der Waals surface area (Å²) in [4.78, 5) is 0. The Balaban J connectivity index is 1.71. The number of benzene rings is 1. The number of fused-ring (bicyclic) bond motifs is 1. The van der Waals surface area contributed by atoms with Gasteiger partial charge in [0.15, 0.2) is 17.7 Å². The molecule has 0 saturated carbocycles. The van der Waals surface area contributed by atoms with Crippen molar-refractivity contribution in [2.45, 2.75) is 63.7 Å². The zero-order valence-corrected chi connectivity index (χ0v) is 15.6. The van der Waals surface area contributed by atoms with Crippen LogP contribution in [0.25, 0.3) is 5.57 Å². The number of aliphatic hydroxyl groups excluding tert-OH is 1. The Bertz CT molecular complexity index is 696. The van der Waals surface area contributed by atoms with Crippen LogP contribution in [0.15, 0.2) is 36.1 Å². The number of hydrogen-bond donors (Lipinski definition) is 1. The average Bonchev–Trinajstić information content (AvgIpc) is 3.20. The first kappa shape index (κ1) is 17.9. The van der Waals surface area contributed by atoms with Crippen molar-refractivity contribution in [3.8, 4) is 0 Å². The zero-order valence-electron chi connectivity index (χ0n) is 15.6. The van der Waals surface area contributed by atoms with Gasteiger partial charge in [-0.3, -0.25) is 0 Å². The minimum Gasteiger partial charge on any atom is -0.486 e. The monoisotopic (exact) mass is 362 g/mol. The van der Waals surface area contributed by atoms with Gasteiger partial charge < -0.3 is 28.8 Å². The highest BCUT2D eigenvalue weighted by Gasteiger charge is 2.58. The van der Waals surface area contributed by atoms with Gasteiger partial charge in [0.2, 0.25) is 0 Å². The predicted octanol–water partition coefficient (Wildman–Crippen LogP) is 2.46. The van der Waals surface area contributed by atoms with E-state index in [-0.39, 0.29) is 31.0 Å². The average molecular weight is 362 g/mol. The first-order chi connectivity index (χ1) is 12.3. The van der Waals surface area contributed by atoms with Gasteiger partial charge >= 0.3 is 0 Å². The Hall–Kier alpha value is -1.44. The second kappa shape index (κ2) is 6.32. The Kier molecular flexibility index (Phi) is 4.36. The normalized spacial score (nSPS) is 36.7. The third-order valence-corrected chi connectivity index (χ3v) is 4.95. The molecule has 0 aliphatic carbocycles. The quantitative estimate of drug-likeness (QED) is 0.891. The van der Waals surface area contributed by atoms with E-state index in [4.69, 9.17) is 23.7 Å². The highest BCUT2D eigenvalue weighted by molar-refractivity contribution is 5.69. The van der Waals surface area contributed by atoms with E-state index in [1.165, 1.54) is 0 Å². The topological polar surface area (TPSA) is 66.4 Å². The molecule has 3 fully saturated rings. The molecule has 0 bridgehead atoms. The fourth-order valence-corrected chi connectivity index (χ4v) is 3.87. The van der Waals surface area contributed by atoms with Gasteiger partial charge in [-0.05, 0) is 33.3 Å². The van der Waals surface area contributed by atoms with Gasteiger partial charge in [0.05, 0.1) is 13.2 Å². The van der Waals surface area contributed by atoms with Gasteiger partial charge in [0, 0.05) is 5.57 Å². The lowest BCUT2D eigenvalue weighted by Gasteiger charge is -2.26. The van der Waals surface area contributed by atoms with Gasteiger partial charge in [0.1, 0.15) is 24.1 Å². The number of aliphatic hydroxyl groups is 1. The number of rotatable bonds is 3. The van der Waals surface area contributed by atoms with E-state index in [1.807, 2.05) is 58.0 Å². The van der Waals surface area contributed by atoms with Crippen LogP contribution in [0, 0.1) is 0 Å². The lowest BCUT2D eigenvalue weighted by Crippen LogP contribution is -2.40. The van der Waals surface area contributed by atoms with Crippen LogP contribution in [0.3, 0.4) is 0 Å². The molecule has 3 aliphatic rings. The maximum atomic E-state index is 10.0. The molecule has 1 aromatic carbocycles. The Morgan fingerprint density at radius 1 is 1.00 bits per heavy atom. The summed E-state index contributed by atoms with van der Waals surface area (Å²) in [6.07, 6.45) is -1.32. The van der Waals surface area contributed by atoms with Crippen LogP contribution in [-0.4, -0.2) is 54.3 Å². The minimum absolute atomic E-state index is 0.146. The van der Waals surface area contributed by atoms with Gasteiger partial charge in [-0.15, -0.1) is 0 Å². The Labute approximate surface area is 153 Å². The van der Waals surface area contributed by atoms with Crippen molar-refractivity contribution in [2.75, 3.05) is 13.2 Å². The van der Waals surface area contributed by atoms with Gasteiger partial charge in [0.25, 0.3) is 0 Å². The highest BCUT2D eigenvalue weighted by Crippen LogP contribution is 2.45. The molecular formula is C20H26O6. The van der Waals surface area contributed by atoms with E-state index in [0.29, 0.717) is 17.9 Å². The molecule has 0 radical (unpaired) electrons. The molecule has 0 amide bonds. The zero-order chi connectivity index (χ0) is 18.5. The van der Waals surface area contributed by atoms with Crippen LogP contribution in [0.4, 0.5) is 0 Å². The van der Waals surface area contributed by atoms with Crippen molar-refractivity contribution in [3.05, 3.63) is 41.7 Å². The van der Waals surface area contributed by atoms with Crippen molar-refractivity contribution in [2.24, 2.45) is 0 Å². The molecule has 3 heterocycles. The molecule has 0 spiro atoms. The molecule has 6 nitrogen and oxygen atoms in total. The molecule has 0 unspecified atom stereocenters. The summed E-state index contributed by atoms with van der Waals surface area (Å²) >= 11 is 0. The molecular weight excluding hydrogens is 336 g/mol. The Morgan fingerprint density at radius 3 is 2.35 bits per heavy atom. The van der Waals surface area contributed by atoms with E-state index in [0.717, 1.165) is 5.56 Å². The van der Waals surface area contributed by atoms with Crippen LogP contribution in [-0.2, 0) is 23.7 Å². The lowest BCUT2D eigenvalue weighted by molar-refractivity contribution is -0.187. The van der Waals surface area contributed by atoms with E-state index >= 15 is 0 Å². The second-order valence-corrected chi connectivity index (χ2v) is 7.84. The van der Waals surface area contributed by atoms with Crippen LogP contribution < -0.4 is 0 Å². The third-order valence-electron chi connectivity index (χ3n) is 4.95. The minimum atomic E-state index is -0.727. The van der Waals surface area contributed by atoms with Crippen LogP contribution in [0.1, 0.15) is 33.3 Å². The van der Waals surface area contributed by atoms with Gasteiger partial charge in [-0.2, -0.15) is 0 Å². The summed E-state index contributed by atoms with van der Waals surface area (Å²) in [6, 6.07) is 9.70. The summed E-state index contributed by atoms with van der Waals surface area (Å²) < 4.78 is 30.2. The molecule has 3 saturated heterocycles. The number of ether oxygens (including phenoxy) is 5. The van der Waals surface area contributed by atoms with Gasteiger partial charge in [-0.25, -0.2) is 0 Å². The standard InChI is InChI=1S/C20H26O6/c1-19(2)22-11-14(24-19)16-18-17(25-20(3,4)26-18)15(23-16)13(10-21)12-8-6-5-7-9-12/h5-9,14,16-18,21H,10-11H2,1-4H3/b15-13+/t14-,16+,17+,18-/m1/s1. The molecule has 1 N–H and O–H groups in total. The number of hydrogen-bond acceptors (Lipinski definition) is 6. The van der Waals surface area contributed by atoms with Crippen molar-refractivity contribution < 1.29 is 28.8 Å².